The van der Waals surface area contributed by atoms with Gasteiger partial charge < -0.3 is 9.67 Å². The first-order valence-electron chi connectivity index (χ1n) is 5.70. The Morgan fingerprint density at radius 1 is 1.29 bits per heavy atom. The van der Waals surface area contributed by atoms with Crippen molar-refractivity contribution in [2.45, 2.75) is 44.8 Å². The Bertz CT molecular complexity index is 342. The smallest absolute Gasteiger partial charge is 0.0833 e. The van der Waals surface area contributed by atoms with Crippen LogP contribution in [0, 0.1) is 5.92 Å². The molecule has 2 nitrogen and oxygen atoms in total. The van der Waals surface area contributed by atoms with Crippen molar-refractivity contribution in [2.24, 2.45) is 5.92 Å². The zero-order valence-electron chi connectivity index (χ0n) is 8.45. The molecule has 0 saturated heterocycles. The lowest BCUT2D eigenvalue weighted by Gasteiger charge is -2.27. The molecule has 0 bridgehead atoms. The number of rotatable bonds is 1. The lowest BCUT2D eigenvalue weighted by Crippen LogP contribution is -2.18. The maximum atomic E-state index is 9.26. The van der Waals surface area contributed by atoms with E-state index in [1.165, 1.54) is 37.8 Å². The third-order valence-corrected chi connectivity index (χ3v) is 3.92. The maximum absolute atomic E-state index is 9.26. The molecule has 1 saturated carbocycles. The minimum absolute atomic E-state index is 0.198. The number of aromatic nitrogens is 1. The van der Waals surface area contributed by atoms with Crippen LogP contribution in [0.5, 0.6) is 0 Å². The van der Waals surface area contributed by atoms with Crippen LogP contribution in [0.1, 0.15) is 43.1 Å². The highest BCUT2D eigenvalue weighted by molar-refractivity contribution is 5.22. The van der Waals surface area contributed by atoms with Gasteiger partial charge in [-0.3, -0.25) is 0 Å². The standard InChI is InChI=1S/C12H17NO/c14-8-11-6-5-10-7-9-3-1-2-4-12(9)13(10)11/h5-6,9,12,14H,1-4,7-8H2. The van der Waals surface area contributed by atoms with Crippen molar-refractivity contribution in [1.29, 1.82) is 0 Å². The van der Waals surface area contributed by atoms with Gasteiger partial charge in [-0.1, -0.05) is 12.8 Å². The van der Waals surface area contributed by atoms with Gasteiger partial charge in [0.2, 0.25) is 0 Å². The Balaban J connectivity index is 1.99. The molecule has 0 amide bonds. The first-order valence-corrected chi connectivity index (χ1v) is 5.70. The molecule has 2 atom stereocenters. The molecular formula is C12H17NO. The molecule has 0 radical (unpaired) electrons. The molecule has 1 N–H and O–H groups in total. The number of aliphatic hydroxyl groups is 1. The fourth-order valence-corrected chi connectivity index (χ4v) is 3.29. The molecule has 3 rings (SSSR count). The molecular weight excluding hydrogens is 174 g/mol. The lowest BCUT2D eigenvalue weighted by atomic mass is 9.84. The van der Waals surface area contributed by atoms with E-state index in [4.69, 9.17) is 0 Å². The molecule has 1 aromatic heterocycles. The van der Waals surface area contributed by atoms with Crippen molar-refractivity contribution in [3.8, 4) is 0 Å². The van der Waals surface area contributed by atoms with Gasteiger partial charge in [-0.05, 0) is 37.3 Å². The number of hydrogen-bond acceptors (Lipinski definition) is 1. The molecule has 2 aliphatic rings. The van der Waals surface area contributed by atoms with Crippen molar-refractivity contribution in [2.75, 3.05) is 0 Å². The van der Waals surface area contributed by atoms with Gasteiger partial charge in [0.25, 0.3) is 0 Å². The van der Waals surface area contributed by atoms with Crippen molar-refractivity contribution < 1.29 is 5.11 Å². The molecule has 1 aliphatic carbocycles. The van der Waals surface area contributed by atoms with E-state index in [-0.39, 0.29) is 6.61 Å². The summed E-state index contributed by atoms with van der Waals surface area (Å²) in [5.74, 6) is 0.866. The predicted molar refractivity (Wildman–Crippen MR) is 55.1 cm³/mol. The zero-order valence-corrected chi connectivity index (χ0v) is 8.45. The van der Waals surface area contributed by atoms with E-state index in [0.29, 0.717) is 6.04 Å². The van der Waals surface area contributed by atoms with Crippen molar-refractivity contribution >= 4 is 0 Å². The van der Waals surface area contributed by atoms with Crippen molar-refractivity contribution in [3.63, 3.8) is 0 Å². The highest BCUT2D eigenvalue weighted by atomic mass is 16.3. The third kappa shape index (κ3) is 1.07. The minimum Gasteiger partial charge on any atom is -0.390 e. The normalized spacial score (nSPS) is 30.1. The summed E-state index contributed by atoms with van der Waals surface area (Å²) in [5, 5.41) is 9.26. The van der Waals surface area contributed by atoms with E-state index in [2.05, 4.69) is 16.7 Å². The van der Waals surface area contributed by atoms with Crippen molar-refractivity contribution in [1.82, 2.24) is 4.57 Å². The molecule has 1 aliphatic heterocycles. The fraction of sp³-hybridized carbons (Fsp3) is 0.667. The van der Waals surface area contributed by atoms with Gasteiger partial charge in [0.15, 0.2) is 0 Å². The summed E-state index contributed by atoms with van der Waals surface area (Å²) in [6.45, 7) is 0.198. The number of fused-ring (bicyclic) bond motifs is 3. The fourth-order valence-electron chi connectivity index (χ4n) is 3.29. The molecule has 0 spiro atoms. The van der Waals surface area contributed by atoms with Gasteiger partial charge >= 0.3 is 0 Å². The molecule has 2 heteroatoms. The molecule has 1 aromatic rings. The first kappa shape index (κ1) is 8.54. The van der Waals surface area contributed by atoms with Crippen LogP contribution in [-0.4, -0.2) is 9.67 Å². The zero-order chi connectivity index (χ0) is 9.54. The predicted octanol–water partition coefficient (Wildman–Crippen LogP) is 2.27. The van der Waals surface area contributed by atoms with E-state index in [1.807, 2.05) is 0 Å². The molecule has 1 fully saturated rings. The van der Waals surface area contributed by atoms with E-state index in [0.717, 1.165) is 11.6 Å². The highest BCUT2D eigenvalue weighted by Crippen LogP contribution is 2.43. The van der Waals surface area contributed by atoms with E-state index < -0.39 is 0 Å². The number of hydrogen-bond donors (Lipinski definition) is 1. The van der Waals surface area contributed by atoms with Gasteiger partial charge in [-0.2, -0.15) is 0 Å². The summed E-state index contributed by atoms with van der Waals surface area (Å²) < 4.78 is 2.41. The summed E-state index contributed by atoms with van der Waals surface area (Å²) >= 11 is 0. The Kier molecular flexibility index (Phi) is 1.91. The van der Waals surface area contributed by atoms with E-state index in [1.54, 1.807) is 0 Å². The summed E-state index contributed by atoms with van der Waals surface area (Å²) in [7, 11) is 0. The van der Waals surface area contributed by atoms with Crippen LogP contribution in [0.15, 0.2) is 12.1 Å². The van der Waals surface area contributed by atoms with Crippen LogP contribution in [0.2, 0.25) is 0 Å². The minimum atomic E-state index is 0.198. The Hall–Kier alpha value is -0.760. The highest BCUT2D eigenvalue weighted by Gasteiger charge is 2.34. The van der Waals surface area contributed by atoms with Gasteiger partial charge in [-0.15, -0.1) is 0 Å². The first-order chi connectivity index (χ1) is 6.90. The second-order valence-corrected chi connectivity index (χ2v) is 4.66. The molecule has 76 valence electrons. The van der Waals surface area contributed by atoms with E-state index in [9.17, 15) is 5.11 Å². The van der Waals surface area contributed by atoms with Gasteiger partial charge in [0, 0.05) is 17.4 Å². The Morgan fingerprint density at radius 2 is 2.14 bits per heavy atom. The van der Waals surface area contributed by atoms with Gasteiger partial charge in [-0.25, -0.2) is 0 Å². The molecule has 2 heterocycles. The van der Waals surface area contributed by atoms with Crippen molar-refractivity contribution in [3.05, 3.63) is 23.5 Å². The summed E-state index contributed by atoms with van der Waals surface area (Å²) in [6, 6.07) is 4.99. The van der Waals surface area contributed by atoms with Gasteiger partial charge in [0.05, 0.1) is 6.61 Å². The Morgan fingerprint density at radius 3 is 3.00 bits per heavy atom. The summed E-state index contributed by atoms with van der Waals surface area (Å²) in [6.07, 6.45) is 6.71. The number of aliphatic hydroxyl groups excluding tert-OH is 1. The van der Waals surface area contributed by atoms with Crippen LogP contribution < -0.4 is 0 Å². The Labute approximate surface area is 84.6 Å². The van der Waals surface area contributed by atoms with Crippen LogP contribution in [0.3, 0.4) is 0 Å². The van der Waals surface area contributed by atoms with Crippen LogP contribution in [0.25, 0.3) is 0 Å². The monoisotopic (exact) mass is 191 g/mol. The average molecular weight is 191 g/mol. The molecule has 2 unspecified atom stereocenters. The quantitative estimate of drug-likeness (QED) is 0.723. The largest absolute Gasteiger partial charge is 0.390 e. The van der Waals surface area contributed by atoms with Crippen LogP contribution in [-0.2, 0) is 13.0 Å². The SMILES string of the molecule is OCc1ccc2n1C1CCCCC1C2. The number of nitrogens with zero attached hydrogens (tertiary/aromatic N) is 1. The second kappa shape index (κ2) is 3.13. The lowest BCUT2D eigenvalue weighted by molar-refractivity contribution is 0.241. The van der Waals surface area contributed by atoms with Crippen LogP contribution >= 0.6 is 0 Å². The summed E-state index contributed by atoms with van der Waals surface area (Å²) in [5.41, 5.74) is 2.57. The second-order valence-electron chi connectivity index (χ2n) is 4.66. The summed E-state index contributed by atoms with van der Waals surface area (Å²) in [4.78, 5) is 0. The molecule has 0 aromatic carbocycles. The topological polar surface area (TPSA) is 25.2 Å². The van der Waals surface area contributed by atoms with Crippen LogP contribution in [0.4, 0.5) is 0 Å². The van der Waals surface area contributed by atoms with Gasteiger partial charge in [0.1, 0.15) is 0 Å². The molecule has 14 heavy (non-hydrogen) atoms. The maximum Gasteiger partial charge on any atom is 0.0833 e. The average Bonchev–Trinajstić information content (AvgIpc) is 2.75. The third-order valence-electron chi connectivity index (χ3n) is 3.92. The van der Waals surface area contributed by atoms with E-state index >= 15 is 0 Å².